The third-order valence-electron chi connectivity index (χ3n) is 6.99. The molecule has 0 N–H and O–H groups in total. The first kappa shape index (κ1) is 26.2. The number of likely N-dealkylation sites (N-methyl/N-ethyl adjacent to an activating group) is 1. The van der Waals surface area contributed by atoms with E-state index in [4.69, 9.17) is 0 Å². The summed E-state index contributed by atoms with van der Waals surface area (Å²) in [5.41, 5.74) is 4.02. The fourth-order valence-electron chi connectivity index (χ4n) is 5.09. The van der Waals surface area contributed by atoms with E-state index in [-0.39, 0.29) is 5.57 Å². The van der Waals surface area contributed by atoms with Crippen LogP contribution >= 0.6 is 0 Å². The number of fused-ring (bicyclic) bond motifs is 1. The third-order valence-corrected chi connectivity index (χ3v) is 6.99. The van der Waals surface area contributed by atoms with Crippen LogP contribution < -0.4 is 0 Å². The summed E-state index contributed by atoms with van der Waals surface area (Å²) < 4.78 is 0. The zero-order chi connectivity index (χ0) is 26.2. The molecule has 0 bridgehead atoms. The topological polar surface area (TPSA) is 60.5 Å². The highest BCUT2D eigenvalue weighted by Gasteiger charge is 2.29. The molecule has 0 unspecified atom stereocenters. The van der Waals surface area contributed by atoms with E-state index in [1.807, 2.05) is 0 Å². The van der Waals surface area contributed by atoms with Crippen LogP contribution in [0.1, 0.15) is 23.6 Å². The minimum absolute atomic E-state index is 0.192. The average molecular weight is 493 g/mol. The minimum Gasteiger partial charge on any atom is -0.354 e. The van der Waals surface area contributed by atoms with Gasteiger partial charge in [-0.3, -0.25) is 4.90 Å². The smallest absolute Gasteiger partial charge is 0.169 e. The van der Waals surface area contributed by atoms with Gasteiger partial charge >= 0.3 is 0 Å². The molecule has 6 nitrogen and oxygen atoms in total. The molecule has 0 radical (unpaired) electrons. The molecule has 4 rings (SSSR count). The number of allylic oxidation sites excluding steroid dienone is 1. The van der Waals surface area contributed by atoms with Crippen LogP contribution in [-0.4, -0.2) is 66.4 Å². The molecular formula is C31H36N6. The van der Waals surface area contributed by atoms with Gasteiger partial charge in [0.15, 0.2) is 5.57 Å². The number of rotatable bonds is 10. The Morgan fingerprint density at radius 2 is 1.49 bits per heavy atom. The highest BCUT2D eigenvalue weighted by molar-refractivity contribution is 5.85. The molecule has 1 fully saturated rings. The number of benzene rings is 3. The van der Waals surface area contributed by atoms with Crippen molar-refractivity contribution < 1.29 is 0 Å². The van der Waals surface area contributed by atoms with E-state index in [9.17, 15) is 10.5 Å². The second-order valence-electron chi connectivity index (χ2n) is 9.89. The van der Waals surface area contributed by atoms with Gasteiger partial charge in [0, 0.05) is 45.8 Å². The molecule has 1 aliphatic rings. The zero-order valence-corrected chi connectivity index (χ0v) is 22.2. The van der Waals surface area contributed by atoms with Crippen molar-refractivity contribution in [3.63, 3.8) is 0 Å². The molecule has 1 heterocycles. The van der Waals surface area contributed by atoms with Gasteiger partial charge in [0.1, 0.15) is 18.0 Å². The van der Waals surface area contributed by atoms with Crippen molar-refractivity contribution in [2.45, 2.75) is 26.6 Å². The molecule has 3 aromatic carbocycles. The first-order chi connectivity index (χ1) is 18.0. The Morgan fingerprint density at radius 3 is 2.16 bits per heavy atom. The lowest BCUT2D eigenvalue weighted by Gasteiger charge is -2.28. The molecule has 1 aliphatic heterocycles. The molecule has 6 heteroatoms. The SMILES string of the molecule is CCN(CCN1CCN(Cc2cccc3ccccc23)C1=C(C#N)C#N)Cc1ccc(CN(C)C)cc1. The van der Waals surface area contributed by atoms with E-state index in [2.05, 4.69) is 119 Å². The Morgan fingerprint density at radius 1 is 0.838 bits per heavy atom. The van der Waals surface area contributed by atoms with Gasteiger partial charge in [0.05, 0.1) is 0 Å². The van der Waals surface area contributed by atoms with Gasteiger partial charge in [0.25, 0.3) is 0 Å². The maximum atomic E-state index is 9.76. The highest BCUT2D eigenvalue weighted by atomic mass is 15.4. The van der Waals surface area contributed by atoms with Crippen molar-refractivity contribution in [2.24, 2.45) is 0 Å². The van der Waals surface area contributed by atoms with E-state index in [0.29, 0.717) is 6.54 Å². The van der Waals surface area contributed by atoms with Crippen molar-refractivity contribution in [1.29, 1.82) is 10.5 Å². The molecule has 0 aromatic heterocycles. The molecule has 1 saturated heterocycles. The Bertz CT molecular complexity index is 1290. The molecule has 0 spiro atoms. The van der Waals surface area contributed by atoms with Crippen LogP contribution in [-0.2, 0) is 19.6 Å². The van der Waals surface area contributed by atoms with Gasteiger partial charge in [0.2, 0.25) is 0 Å². The van der Waals surface area contributed by atoms with Crippen LogP contribution in [0.25, 0.3) is 10.8 Å². The normalized spacial score (nSPS) is 13.4. The van der Waals surface area contributed by atoms with Crippen molar-refractivity contribution in [1.82, 2.24) is 19.6 Å². The lowest BCUT2D eigenvalue weighted by atomic mass is 10.0. The summed E-state index contributed by atoms with van der Waals surface area (Å²) >= 11 is 0. The van der Waals surface area contributed by atoms with E-state index in [1.54, 1.807) is 0 Å². The lowest BCUT2D eigenvalue weighted by Crippen LogP contribution is -2.34. The predicted octanol–water partition coefficient (Wildman–Crippen LogP) is 4.80. The summed E-state index contributed by atoms with van der Waals surface area (Å²) in [5.74, 6) is 0.766. The van der Waals surface area contributed by atoms with Gasteiger partial charge in [-0.05, 0) is 48.1 Å². The summed E-state index contributed by atoms with van der Waals surface area (Å²) in [4.78, 5) is 9.01. The second kappa shape index (κ2) is 12.4. The standard InChI is InChI=1S/C31H36N6/c1-4-35(23-26-14-12-25(13-15-26)22-34(2)3)16-17-36-18-19-37(31(36)29(20-32)21-33)24-28-10-7-9-27-8-5-6-11-30(27)28/h5-15H,4,16-19,22-24H2,1-3H3. The van der Waals surface area contributed by atoms with E-state index < -0.39 is 0 Å². The first-order valence-corrected chi connectivity index (χ1v) is 13.0. The van der Waals surface area contributed by atoms with Crippen LogP contribution in [0.2, 0.25) is 0 Å². The zero-order valence-electron chi connectivity index (χ0n) is 22.2. The number of hydrogen-bond donors (Lipinski definition) is 0. The summed E-state index contributed by atoms with van der Waals surface area (Å²) in [6.07, 6.45) is 0. The van der Waals surface area contributed by atoms with Crippen LogP contribution in [0, 0.1) is 22.7 Å². The fraction of sp³-hybridized carbons (Fsp3) is 0.355. The van der Waals surface area contributed by atoms with Gasteiger partial charge in [-0.1, -0.05) is 73.7 Å². The molecular weight excluding hydrogens is 456 g/mol. The van der Waals surface area contributed by atoms with Gasteiger partial charge in [-0.25, -0.2) is 0 Å². The second-order valence-corrected chi connectivity index (χ2v) is 9.89. The molecule has 0 amide bonds. The minimum atomic E-state index is 0.192. The van der Waals surface area contributed by atoms with Crippen LogP contribution in [0.15, 0.2) is 78.1 Å². The number of nitrogens with zero attached hydrogens (tertiary/aromatic N) is 6. The third kappa shape index (κ3) is 6.49. The van der Waals surface area contributed by atoms with E-state index >= 15 is 0 Å². The van der Waals surface area contributed by atoms with Crippen molar-refractivity contribution >= 4 is 10.8 Å². The van der Waals surface area contributed by atoms with Gasteiger partial charge < -0.3 is 14.7 Å². The number of nitriles is 2. The Balaban J connectivity index is 1.45. The molecule has 37 heavy (non-hydrogen) atoms. The van der Waals surface area contributed by atoms with Crippen molar-refractivity contribution in [3.8, 4) is 12.1 Å². The molecule has 3 aromatic rings. The van der Waals surface area contributed by atoms with Crippen LogP contribution in [0.3, 0.4) is 0 Å². The van der Waals surface area contributed by atoms with Gasteiger partial charge in [-0.15, -0.1) is 0 Å². The largest absolute Gasteiger partial charge is 0.354 e. The van der Waals surface area contributed by atoms with Gasteiger partial charge in [-0.2, -0.15) is 10.5 Å². The highest BCUT2D eigenvalue weighted by Crippen LogP contribution is 2.27. The summed E-state index contributed by atoms with van der Waals surface area (Å²) in [6.45, 7) is 8.88. The fourth-order valence-corrected chi connectivity index (χ4v) is 5.09. The van der Waals surface area contributed by atoms with Crippen molar-refractivity contribution in [2.75, 3.05) is 46.8 Å². The van der Waals surface area contributed by atoms with E-state index in [1.165, 1.54) is 27.5 Å². The van der Waals surface area contributed by atoms with Crippen LogP contribution in [0.4, 0.5) is 0 Å². The Labute approximate surface area is 221 Å². The first-order valence-electron chi connectivity index (χ1n) is 13.0. The summed E-state index contributed by atoms with van der Waals surface area (Å²) in [6, 6.07) is 27.9. The molecule has 0 atom stereocenters. The Kier molecular flexibility index (Phi) is 8.80. The molecule has 0 saturated carbocycles. The maximum Gasteiger partial charge on any atom is 0.169 e. The quantitative estimate of drug-likeness (QED) is 0.379. The number of hydrogen-bond acceptors (Lipinski definition) is 6. The molecule has 190 valence electrons. The lowest BCUT2D eigenvalue weighted by molar-refractivity contribution is 0.234. The summed E-state index contributed by atoms with van der Waals surface area (Å²) in [7, 11) is 4.17. The van der Waals surface area contributed by atoms with Crippen molar-refractivity contribution in [3.05, 3.63) is 94.8 Å². The predicted molar refractivity (Wildman–Crippen MR) is 149 cm³/mol. The van der Waals surface area contributed by atoms with Crippen LogP contribution in [0.5, 0.6) is 0 Å². The maximum absolute atomic E-state index is 9.76. The molecule has 0 aliphatic carbocycles. The van der Waals surface area contributed by atoms with E-state index in [0.717, 1.165) is 51.6 Å². The summed E-state index contributed by atoms with van der Waals surface area (Å²) in [5, 5.41) is 21.9. The monoisotopic (exact) mass is 492 g/mol. The Hall–Kier alpha value is -3.84. The average Bonchev–Trinajstić information content (AvgIpc) is 3.30.